The molecule has 16 heavy (non-hydrogen) atoms. The number of hydrogen-bond donors (Lipinski definition) is 2. The molecule has 1 saturated heterocycles. The van der Waals surface area contributed by atoms with E-state index in [0.717, 1.165) is 11.3 Å². The maximum Gasteiger partial charge on any atom is 0.307 e. The molecular formula is C12H15NO3. The van der Waals surface area contributed by atoms with Gasteiger partial charge >= 0.3 is 5.97 Å². The summed E-state index contributed by atoms with van der Waals surface area (Å²) in [5, 5.41) is 11.6. The number of nitrogens with one attached hydrogen (secondary N) is 1. The van der Waals surface area contributed by atoms with Gasteiger partial charge < -0.3 is 10.4 Å². The summed E-state index contributed by atoms with van der Waals surface area (Å²) >= 11 is 0. The number of fused-ring (bicyclic) bond motifs is 1. The molecule has 1 aliphatic heterocycles. The molecule has 0 radical (unpaired) electrons. The highest BCUT2D eigenvalue weighted by atomic mass is 16.4. The van der Waals surface area contributed by atoms with Crippen LogP contribution in [-0.2, 0) is 9.59 Å². The second kappa shape index (κ2) is 3.47. The van der Waals surface area contributed by atoms with E-state index in [4.69, 9.17) is 5.11 Å². The van der Waals surface area contributed by atoms with Gasteiger partial charge in [0.15, 0.2) is 0 Å². The Kier molecular flexibility index (Phi) is 2.37. The van der Waals surface area contributed by atoms with E-state index in [1.807, 2.05) is 26.0 Å². The standard InChI is InChI=1S/C12H15NO3/c1-12(2)8-5-7(6-10(14)15)3-4-9(8)13-11(12)16/h3-4,8H,5-6H2,1-2H3,(H,13,16)(H,14,15). The van der Waals surface area contributed by atoms with Crippen LogP contribution in [0.2, 0.25) is 0 Å². The van der Waals surface area contributed by atoms with Crippen LogP contribution >= 0.6 is 0 Å². The smallest absolute Gasteiger partial charge is 0.307 e. The van der Waals surface area contributed by atoms with Gasteiger partial charge in [-0.2, -0.15) is 0 Å². The molecule has 0 aromatic heterocycles. The van der Waals surface area contributed by atoms with Crippen molar-refractivity contribution in [1.82, 2.24) is 5.32 Å². The van der Waals surface area contributed by atoms with Gasteiger partial charge in [0.1, 0.15) is 0 Å². The Bertz CT molecular complexity index is 418. The quantitative estimate of drug-likeness (QED) is 0.741. The fourth-order valence-corrected chi connectivity index (χ4v) is 2.31. The predicted molar refractivity (Wildman–Crippen MR) is 58.4 cm³/mol. The van der Waals surface area contributed by atoms with Crippen molar-refractivity contribution in [2.45, 2.75) is 26.7 Å². The lowest BCUT2D eigenvalue weighted by molar-refractivity contribution is -0.136. The Labute approximate surface area is 94.0 Å². The van der Waals surface area contributed by atoms with Crippen LogP contribution in [0.4, 0.5) is 0 Å². The van der Waals surface area contributed by atoms with Crippen molar-refractivity contribution < 1.29 is 14.7 Å². The highest BCUT2D eigenvalue weighted by molar-refractivity contribution is 5.88. The lowest BCUT2D eigenvalue weighted by Gasteiger charge is -2.26. The van der Waals surface area contributed by atoms with Gasteiger partial charge in [0, 0.05) is 11.6 Å². The molecule has 2 rings (SSSR count). The van der Waals surface area contributed by atoms with E-state index >= 15 is 0 Å². The molecule has 0 aromatic rings. The highest BCUT2D eigenvalue weighted by Crippen LogP contribution is 2.43. The summed E-state index contributed by atoms with van der Waals surface area (Å²) in [4.78, 5) is 22.3. The van der Waals surface area contributed by atoms with Crippen LogP contribution in [0.25, 0.3) is 0 Å². The lowest BCUT2D eigenvalue weighted by atomic mass is 9.74. The zero-order valence-corrected chi connectivity index (χ0v) is 9.41. The maximum atomic E-state index is 11.7. The molecule has 4 nitrogen and oxygen atoms in total. The third-order valence-corrected chi connectivity index (χ3v) is 3.43. The second-order valence-corrected chi connectivity index (χ2v) is 4.95. The molecule has 1 unspecified atom stereocenters. The first-order valence-corrected chi connectivity index (χ1v) is 5.34. The molecule has 1 heterocycles. The van der Waals surface area contributed by atoms with Crippen LogP contribution in [0.1, 0.15) is 26.7 Å². The average molecular weight is 221 g/mol. The number of carboxylic acid groups (broad SMARTS) is 1. The van der Waals surface area contributed by atoms with E-state index in [2.05, 4.69) is 5.32 Å². The van der Waals surface area contributed by atoms with E-state index in [-0.39, 0.29) is 18.2 Å². The van der Waals surface area contributed by atoms with Crippen LogP contribution in [0.3, 0.4) is 0 Å². The largest absolute Gasteiger partial charge is 0.481 e. The Morgan fingerprint density at radius 1 is 1.56 bits per heavy atom. The van der Waals surface area contributed by atoms with Crippen molar-refractivity contribution in [3.8, 4) is 0 Å². The minimum atomic E-state index is -0.821. The van der Waals surface area contributed by atoms with Crippen molar-refractivity contribution in [3.63, 3.8) is 0 Å². The van der Waals surface area contributed by atoms with Gasteiger partial charge in [-0.3, -0.25) is 9.59 Å². The zero-order valence-electron chi connectivity index (χ0n) is 9.41. The monoisotopic (exact) mass is 221 g/mol. The predicted octanol–water partition coefficient (Wildman–Crippen LogP) is 1.45. The molecule has 1 aliphatic carbocycles. The third kappa shape index (κ3) is 1.64. The topological polar surface area (TPSA) is 66.4 Å². The molecule has 4 heteroatoms. The molecular weight excluding hydrogens is 206 g/mol. The first kappa shape index (κ1) is 10.9. The molecule has 2 aliphatic rings. The van der Waals surface area contributed by atoms with E-state index in [1.54, 1.807) is 0 Å². The average Bonchev–Trinajstić information content (AvgIpc) is 2.39. The minimum absolute atomic E-state index is 0.0220. The highest BCUT2D eigenvalue weighted by Gasteiger charge is 2.46. The van der Waals surface area contributed by atoms with E-state index < -0.39 is 11.4 Å². The second-order valence-electron chi connectivity index (χ2n) is 4.95. The minimum Gasteiger partial charge on any atom is -0.481 e. The number of allylic oxidation sites excluding steroid dienone is 3. The SMILES string of the molecule is CC1(C)C(=O)NC2=CC=C(CC(=O)O)CC21. The number of carboxylic acids is 1. The van der Waals surface area contributed by atoms with Crippen molar-refractivity contribution in [1.29, 1.82) is 0 Å². The van der Waals surface area contributed by atoms with E-state index in [9.17, 15) is 9.59 Å². The van der Waals surface area contributed by atoms with Crippen molar-refractivity contribution in [3.05, 3.63) is 23.4 Å². The number of carbonyl (C=O) groups excluding carboxylic acids is 1. The van der Waals surface area contributed by atoms with E-state index in [1.165, 1.54) is 0 Å². The maximum absolute atomic E-state index is 11.7. The van der Waals surface area contributed by atoms with Crippen LogP contribution in [0, 0.1) is 11.3 Å². The van der Waals surface area contributed by atoms with Gasteiger partial charge in [0.05, 0.1) is 11.8 Å². The van der Waals surface area contributed by atoms with Crippen LogP contribution in [0.5, 0.6) is 0 Å². The normalized spacial score (nSPS) is 26.6. The van der Waals surface area contributed by atoms with E-state index in [0.29, 0.717) is 6.42 Å². The van der Waals surface area contributed by atoms with Crippen LogP contribution in [-0.4, -0.2) is 17.0 Å². The number of carbonyl (C=O) groups is 2. The van der Waals surface area contributed by atoms with Crippen molar-refractivity contribution >= 4 is 11.9 Å². The fraction of sp³-hybridized carbons (Fsp3) is 0.500. The molecule has 1 amide bonds. The summed E-state index contributed by atoms with van der Waals surface area (Å²) < 4.78 is 0. The van der Waals surface area contributed by atoms with Crippen molar-refractivity contribution in [2.24, 2.45) is 11.3 Å². The van der Waals surface area contributed by atoms with Crippen molar-refractivity contribution in [2.75, 3.05) is 0 Å². The van der Waals surface area contributed by atoms with Gasteiger partial charge in [0.25, 0.3) is 0 Å². The first-order chi connectivity index (χ1) is 7.41. The number of rotatable bonds is 2. The summed E-state index contributed by atoms with van der Waals surface area (Å²) in [6, 6.07) is 0. The Hall–Kier alpha value is -1.58. The number of amides is 1. The summed E-state index contributed by atoms with van der Waals surface area (Å²) in [5.41, 5.74) is 1.36. The van der Waals surface area contributed by atoms with Gasteiger partial charge in [-0.1, -0.05) is 25.5 Å². The fourth-order valence-electron chi connectivity index (χ4n) is 2.31. The van der Waals surface area contributed by atoms with Crippen LogP contribution < -0.4 is 5.32 Å². The molecule has 0 bridgehead atoms. The summed E-state index contributed by atoms with van der Waals surface area (Å²) in [7, 11) is 0. The first-order valence-electron chi connectivity index (χ1n) is 5.34. The van der Waals surface area contributed by atoms with Gasteiger partial charge in [-0.05, 0) is 12.5 Å². The Balaban J connectivity index is 2.22. The van der Waals surface area contributed by atoms with Crippen LogP contribution in [0.15, 0.2) is 23.4 Å². The molecule has 1 fully saturated rings. The van der Waals surface area contributed by atoms with Gasteiger partial charge in [-0.25, -0.2) is 0 Å². The summed E-state index contributed by atoms with van der Waals surface area (Å²) in [6.45, 7) is 3.80. The van der Waals surface area contributed by atoms with Gasteiger partial charge in [0.2, 0.25) is 5.91 Å². The molecule has 1 atom stereocenters. The molecule has 86 valence electrons. The Morgan fingerprint density at radius 3 is 2.88 bits per heavy atom. The summed E-state index contributed by atoms with van der Waals surface area (Å²) in [6.07, 6.45) is 4.36. The number of hydrogen-bond acceptors (Lipinski definition) is 2. The zero-order chi connectivity index (χ0) is 11.9. The third-order valence-electron chi connectivity index (χ3n) is 3.43. The summed E-state index contributed by atoms with van der Waals surface area (Å²) in [5.74, 6) is -0.703. The molecule has 0 saturated carbocycles. The molecule has 0 aromatic carbocycles. The molecule has 0 spiro atoms. The van der Waals surface area contributed by atoms with Gasteiger partial charge in [-0.15, -0.1) is 0 Å². The Morgan fingerprint density at radius 2 is 2.25 bits per heavy atom. The number of aliphatic carboxylic acids is 1. The lowest BCUT2D eigenvalue weighted by Crippen LogP contribution is -2.28. The molecule has 2 N–H and O–H groups in total.